The van der Waals surface area contributed by atoms with Crippen LogP contribution in [0.25, 0.3) is 27.3 Å². The fourth-order valence-electron chi connectivity index (χ4n) is 5.25. The van der Waals surface area contributed by atoms with E-state index in [9.17, 15) is 4.79 Å². The number of rotatable bonds is 10. The van der Waals surface area contributed by atoms with Gasteiger partial charge < -0.3 is 9.47 Å². The number of hydrogen-bond acceptors (Lipinski definition) is 7. The van der Waals surface area contributed by atoms with Crippen molar-refractivity contribution >= 4 is 34.5 Å². The molecule has 0 bridgehead atoms. The molecule has 0 aliphatic heterocycles. The number of thiophene rings is 1. The van der Waals surface area contributed by atoms with Gasteiger partial charge in [0, 0.05) is 0 Å². The van der Waals surface area contributed by atoms with Crippen molar-refractivity contribution in [1.82, 2.24) is 20.2 Å². The monoisotopic (exact) mass is 643 g/mol. The molecule has 0 radical (unpaired) electrons. The Morgan fingerprint density at radius 2 is 1.74 bits per heavy atom. The number of fused-ring (bicyclic) bond motifs is 1. The van der Waals surface area contributed by atoms with E-state index in [1.54, 1.807) is 28.3 Å². The van der Waals surface area contributed by atoms with Crippen LogP contribution in [0.5, 0.6) is 11.5 Å². The Hall–Kier alpha value is -5.28. The Morgan fingerprint density at radius 1 is 0.957 bits per heavy atom. The van der Waals surface area contributed by atoms with Crippen LogP contribution in [0.15, 0.2) is 101 Å². The number of aromatic nitrogens is 3. The molecule has 0 aliphatic carbocycles. The molecule has 3 heterocycles. The second-order valence-corrected chi connectivity index (χ2v) is 13.1. The van der Waals surface area contributed by atoms with Gasteiger partial charge in [0.2, 0.25) is 0 Å². The molecule has 6 aromatic rings. The van der Waals surface area contributed by atoms with Crippen LogP contribution in [0, 0.1) is 6.92 Å². The lowest BCUT2D eigenvalue weighted by Crippen LogP contribution is -2.18. The van der Waals surface area contributed by atoms with Gasteiger partial charge in [0.15, 0.2) is 17.1 Å². The van der Waals surface area contributed by atoms with E-state index in [4.69, 9.17) is 19.6 Å². The normalized spacial score (nSPS) is 11.7. The van der Waals surface area contributed by atoms with Gasteiger partial charge in [-0.3, -0.25) is 4.79 Å². The number of hydrazone groups is 1. The molecule has 1 N–H and O–H groups in total. The maximum atomic E-state index is 13.7. The van der Waals surface area contributed by atoms with Gasteiger partial charge in [0.05, 0.1) is 45.7 Å². The molecule has 238 valence electrons. The third kappa shape index (κ3) is 7.10. The third-order valence-corrected chi connectivity index (χ3v) is 8.59. The zero-order valence-electron chi connectivity index (χ0n) is 27.2. The van der Waals surface area contributed by atoms with E-state index in [0.29, 0.717) is 52.7 Å². The van der Waals surface area contributed by atoms with E-state index in [-0.39, 0.29) is 11.3 Å². The lowest BCUT2D eigenvalue weighted by atomic mass is 9.87. The van der Waals surface area contributed by atoms with Crippen LogP contribution in [0.2, 0.25) is 0 Å². The number of nitrogens with one attached hydrogen (secondary N) is 1. The number of pyridine rings is 1. The van der Waals surface area contributed by atoms with Gasteiger partial charge in [-0.15, -0.1) is 11.3 Å². The third-order valence-electron chi connectivity index (χ3n) is 7.69. The average Bonchev–Trinajstić information content (AvgIpc) is 3.73. The zero-order valence-corrected chi connectivity index (χ0v) is 28.0. The number of carbonyl (C=O) groups excluding carboxylic acids is 1. The number of ether oxygens (including phenoxy) is 2. The predicted octanol–water partition coefficient (Wildman–Crippen LogP) is 8.50. The number of carbonyl (C=O) groups is 1. The fourth-order valence-corrected chi connectivity index (χ4v) is 5.93. The van der Waals surface area contributed by atoms with Gasteiger partial charge >= 0.3 is 0 Å². The van der Waals surface area contributed by atoms with Crippen molar-refractivity contribution in [3.8, 4) is 27.8 Å². The van der Waals surface area contributed by atoms with Crippen LogP contribution in [0.1, 0.15) is 60.4 Å². The van der Waals surface area contributed by atoms with Gasteiger partial charge in [-0.2, -0.15) is 10.2 Å². The summed E-state index contributed by atoms with van der Waals surface area (Å²) in [5.74, 6) is 0.887. The minimum atomic E-state index is -0.357. The number of para-hydroxylation sites is 1. The Labute approximate surface area is 278 Å². The number of hydrogen-bond donors (Lipinski definition) is 1. The smallest absolute Gasteiger partial charge is 0.272 e. The first-order valence-corrected chi connectivity index (χ1v) is 16.4. The Morgan fingerprint density at radius 3 is 2.45 bits per heavy atom. The quantitative estimate of drug-likeness (QED) is 0.119. The van der Waals surface area contributed by atoms with E-state index in [1.165, 1.54) is 5.56 Å². The highest BCUT2D eigenvalue weighted by Gasteiger charge is 2.21. The van der Waals surface area contributed by atoms with Gasteiger partial charge in [-0.25, -0.2) is 15.1 Å². The summed E-state index contributed by atoms with van der Waals surface area (Å²) >= 11 is 1.56. The van der Waals surface area contributed by atoms with Gasteiger partial charge in [0.1, 0.15) is 6.61 Å². The SMILES string of the molecule is CCOc1cc(C=NNC(=O)c2cc(-c3cccs3)nc3c2c(C)nn3-c2ccccc2)ccc1OCc1ccc(C(C)(C)C)cc1. The molecular weight excluding hydrogens is 607 g/mol. The number of amides is 1. The molecule has 0 spiro atoms. The highest BCUT2D eigenvalue weighted by atomic mass is 32.1. The summed E-state index contributed by atoms with van der Waals surface area (Å²) in [6, 6.07) is 29.6. The molecular formula is C38H37N5O3S. The molecule has 47 heavy (non-hydrogen) atoms. The van der Waals surface area contributed by atoms with Gasteiger partial charge in [-0.1, -0.05) is 69.3 Å². The first-order chi connectivity index (χ1) is 22.7. The minimum absolute atomic E-state index is 0.0978. The van der Waals surface area contributed by atoms with Crippen molar-refractivity contribution in [2.75, 3.05) is 6.61 Å². The Kier molecular flexibility index (Phi) is 9.17. The number of aryl methyl sites for hydroxylation is 1. The lowest BCUT2D eigenvalue weighted by molar-refractivity contribution is 0.0956. The highest BCUT2D eigenvalue weighted by Crippen LogP contribution is 2.32. The first-order valence-electron chi connectivity index (χ1n) is 15.5. The first kappa shape index (κ1) is 31.7. The molecule has 9 heteroatoms. The van der Waals surface area contributed by atoms with Crippen molar-refractivity contribution in [1.29, 1.82) is 0 Å². The summed E-state index contributed by atoms with van der Waals surface area (Å²) in [6.07, 6.45) is 1.59. The van der Waals surface area contributed by atoms with Crippen LogP contribution >= 0.6 is 11.3 Å². The molecule has 3 aromatic heterocycles. The number of nitrogens with zero attached hydrogens (tertiary/aromatic N) is 4. The number of benzene rings is 3. The van der Waals surface area contributed by atoms with Gasteiger partial charge in [-0.05, 0) is 83.8 Å². The summed E-state index contributed by atoms with van der Waals surface area (Å²) in [4.78, 5) is 19.5. The average molecular weight is 644 g/mol. The highest BCUT2D eigenvalue weighted by molar-refractivity contribution is 7.13. The summed E-state index contributed by atoms with van der Waals surface area (Å²) in [6.45, 7) is 11.3. The molecule has 0 fully saturated rings. The summed E-state index contributed by atoms with van der Waals surface area (Å²) < 4.78 is 13.8. The standard InChI is InChI=1S/C38H37N5O3S/c1-6-45-33-21-27(16-19-32(33)46-24-26-14-17-28(18-15-26)38(3,4)5)23-39-41-37(44)30-22-31(34-13-10-20-47-34)40-36-35(30)25(2)42-43(36)29-11-8-7-9-12-29/h7-23H,6,24H2,1-5H3,(H,41,44). The molecule has 0 unspecified atom stereocenters. The maximum Gasteiger partial charge on any atom is 0.272 e. The zero-order chi connectivity index (χ0) is 33.0. The predicted molar refractivity (Wildman–Crippen MR) is 189 cm³/mol. The summed E-state index contributed by atoms with van der Waals surface area (Å²) in [5, 5.41) is 11.7. The van der Waals surface area contributed by atoms with Gasteiger partial charge in [0.25, 0.3) is 5.91 Å². The molecule has 0 saturated heterocycles. The lowest BCUT2D eigenvalue weighted by Gasteiger charge is -2.19. The van der Waals surface area contributed by atoms with Crippen molar-refractivity contribution < 1.29 is 14.3 Å². The van der Waals surface area contributed by atoms with Crippen LogP contribution in [0.4, 0.5) is 0 Å². The Bertz CT molecular complexity index is 2030. The van der Waals surface area contributed by atoms with Crippen molar-refractivity contribution in [3.05, 3.63) is 124 Å². The molecule has 6 rings (SSSR count). The minimum Gasteiger partial charge on any atom is -0.490 e. The van der Waals surface area contributed by atoms with Crippen molar-refractivity contribution in [3.63, 3.8) is 0 Å². The van der Waals surface area contributed by atoms with Crippen LogP contribution in [0.3, 0.4) is 0 Å². The fraction of sp³-hybridized carbons (Fsp3) is 0.211. The van der Waals surface area contributed by atoms with Crippen LogP contribution < -0.4 is 14.9 Å². The van der Waals surface area contributed by atoms with E-state index in [2.05, 4.69) is 55.6 Å². The van der Waals surface area contributed by atoms with E-state index in [0.717, 1.165) is 21.7 Å². The molecule has 1 amide bonds. The van der Waals surface area contributed by atoms with E-state index < -0.39 is 0 Å². The van der Waals surface area contributed by atoms with E-state index in [1.807, 2.05) is 79.9 Å². The largest absolute Gasteiger partial charge is 0.490 e. The summed E-state index contributed by atoms with van der Waals surface area (Å²) in [7, 11) is 0. The second-order valence-electron chi connectivity index (χ2n) is 12.1. The Balaban J connectivity index is 1.22. The van der Waals surface area contributed by atoms with Crippen molar-refractivity contribution in [2.45, 2.75) is 46.6 Å². The molecule has 3 aromatic carbocycles. The molecule has 0 atom stereocenters. The van der Waals surface area contributed by atoms with Crippen LogP contribution in [-0.4, -0.2) is 33.5 Å². The maximum absolute atomic E-state index is 13.7. The molecule has 8 nitrogen and oxygen atoms in total. The second kappa shape index (κ2) is 13.6. The molecule has 0 aliphatic rings. The summed E-state index contributed by atoms with van der Waals surface area (Å²) in [5.41, 5.74) is 9.23. The van der Waals surface area contributed by atoms with Crippen LogP contribution in [-0.2, 0) is 12.0 Å². The van der Waals surface area contributed by atoms with E-state index >= 15 is 0 Å². The van der Waals surface area contributed by atoms with Crippen molar-refractivity contribution in [2.24, 2.45) is 5.10 Å². The molecule has 0 saturated carbocycles. The topological polar surface area (TPSA) is 90.6 Å².